The van der Waals surface area contributed by atoms with Crippen molar-refractivity contribution in [2.75, 3.05) is 11.4 Å². The number of hydrogen-bond donors (Lipinski definition) is 0. The van der Waals surface area contributed by atoms with E-state index in [-0.39, 0.29) is 11.5 Å². The van der Waals surface area contributed by atoms with Crippen LogP contribution in [0.25, 0.3) is 16.6 Å². The second-order valence-corrected chi connectivity index (χ2v) is 7.58. The summed E-state index contributed by atoms with van der Waals surface area (Å²) >= 11 is 0. The molecule has 3 aromatic rings. The van der Waals surface area contributed by atoms with Gasteiger partial charge in [-0.15, -0.1) is 0 Å². The fourth-order valence-electron chi connectivity index (χ4n) is 3.04. The molecule has 6 nitrogen and oxygen atoms in total. The van der Waals surface area contributed by atoms with Crippen molar-refractivity contribution in [2.24, 2.45) is 0 Å². The van der Waals surface area contributed by atoms with Crippen LogP contribution in [-0.2, 0) is 4.74 Å². The maximum Gasteiger partial charge on any atom is 0.417 e. The Labute approximate surface area is 164 Å². The minimum atomic E-state index is -0.657. The van der Waals surface area contributed by atoms with Crippen LogP contribution < -0.4 is 10.5 Å². The predicted octanol–water partition coefficient (Wildman–Crippen LogP) is 4.46. The average molecular weight is 379 g/mol. The quantitative estimate of drug-likeness (QED) is 0.674. The summed E-state index contributed by atoms with van der Waals surface area (Å²) in [6.07, 6.45) is -0.543. The number of para-hydroxylation sites is 1. The number of carbonyl (C=O) groups is 1. The van der Waals surface area contributed by atoms with Crippen molar-refractivity contribution in [1.82, 2.24) is 9.55 Å². The summed E-state index contributed by atoms with van der Waals surface area (Å²) in [5.74, 6) is 0.242. The Morgan fingerprint density at radius 1 is 1.11 bits per heavy atom. The van der Waals surface area contributed by atoms with E-state index >= 15 is 0 Å². The van der Waals surface area contributed by atoms with Crippen LogP contribution in [0.5, 0.6) is 0 Å². The molecule has 0 atom stereocenters. The van der Waals surface area contributed by atoms with Crippen molar-refractivity contribution in [1.29, 1.82) is 0 Å². The van der Waals surface area contributed by atoms with Gasteiger partial charge in [0.15, 0.2) is 0 Å². The topological polar surface area (TPSA) is 64.4 Å². The minimum Gasteiger partial charge on any atom is -0.443 e. The van der Waals surface area contributed by atoms with Gasteiger partial charge in [0.05, 0.1) is 16.6 Å². The number of nitrogens with zero attached hydrogens (tertiary/aromatic N) is 3. The zero-order valence-corrected chi connectivity index (χ0v) is 16.9. The molecule has 0 saturated carbocycles. The summed E-state index contributed by atoms with van der Waals surface area (Å²) < 4.78 is 7.02. The molecule has 0 aliphatic heterocycles. The van der Waals surface area contributed by atoms with Gasteiger partial charge in [0.1, 0.15) is 5.60 Å². The Morgan fingerprint density at radius 3 is 2.39 bits per heavy atom. The number of aromatic nitrogens is 2. The van der Waals surface area contributed by atoms with Gasteiger partial charge in [-0.25, -0.2) is 19.2 Å². The lowest BCUT2D eigenvalue weighted by Crippen LogP contribution is -2.40. The fraction of sp³-hybridized carbons (Fsp3) is 0.318. The van der Waals surface area contributed by atoms with Gasteiger partial charge in [-0.2, -0.15) is 0 Å². The molecule has 1 aromatic heterocycles. The van der Waals surface area contributed by atoms with Crippen molar-refractivity contribution in [3.63, 3.8) is 0 Å². The fourth-order valence-corrected chi connectivity index (χ4v) is 3.04. The predicted molar refractivity (Wildman–Crippen MR) is 111 cm³/mol. The summed E-state index contributed by atoms with van der Waals surface area (Å²) in [4.78, 5) is 32.4. The maximum absolute atomic E-state index is 13.4. The van der Waals surface area contributed by atoms with Crippen LogP contribution in [-0.4, -0.2) is 27.8 Å². The lowest BCUT2D eigenvalue weighted by Gasteiger charge is -2.27. The van der Waals surface area contributed by atoms with E-state index in [0.717, 1.165) is 5.56 Å². The van der Waals surface area contributed by atoms with Crippen LogP contribution in [0, 0.1) is 6.92 Å². The van der Waals surface area contributed by atoms with Crippen LogP contribution in [0.3, 0.4) is 0 Å². The molecular formula is C22H25N3O3. The van der Waals surface area contributed by atoms with Crippen molar-refractivity contribution >= 4 is 22.9 Å². The van der Waals surface area contributed by atoms with Crippen molar-refractivity contribution < 1.29 is 9.53 Å². The van der Waals surface area contributed by atoms with Gasteiger partial charge >= 0.3 is 6.09 Å². The zero-order chi connectivity index (χ0) is 20.5. The van der Waals surface area contributed by atoms with Crippen molar-refractivity contribution in [3.8, 4) is 5.69 Å². The normalized spacial score (nSPS) is 11.5. The Bertz CT molecular complexity index is 1070. The number of fused-ring (bicyclic) bond motifs is 1. The van der Waals surface area contributed by atoms with E-state index in [2.05, 4.69) is 4.98 Å². The molecule has 1 amide bonds. The van der Waals surface area contributed by atoms with Crippen molar-refractivity contribution in [3.05, 3.63) is 64.4 Å². The number of carbonyl (C=O) groups excluding carboxylic acids is 1. The van der Waals surface area contributed by atoms with Gasteiger partial charge in [-0.3, -0.25) is 4.79 Å². The van der Waals surface area contributed by atoms with Crippen LogP contribution >= 0.6 is 0 Å². The first kappa shape index (κ1) is 19.6. The monoisotopic (exact) mass is 379 g/mol. The van der Waals surface area contributed by atoms with Crippen LogP contribution in [0.1, 0.15) is 33.3 Å². The standard InChI is InChI=1S/C22H25N3O3/c1-6-24(21(27)28-22(3,4)5)20-23-17-14-10-11-15(2)18(17)19(26)25(20)16-12-8-7-9-13-16/h7-14H,6H2,1-5H3. The Hall–Kier alpha value is -3.15. The molecule has 28 heavy (non-hydrogen) atoms. The Kier molecular flexibility index (Phi) is 5.23. The largest absolute Gasteiger partial charge is 0.443 e. The minimum absolute atomic E-state index is 0.216. The summed E-state index contributed by atoms with van der Waals surface area (Å²) in [5, 5.41) is 0.537. The molecule has 3 rings (SSSR count). The van der Waals surface area contributed by atoms with Gasteiger partial charge in [-0.1, -0.05) is 30.3 Å². The lowest BCUT2D eigenvalue weighted by molar-refractivity contribution is 0.0579. The molecule has 0 bridgehead atoms. The highest BCUT2D eigenvalue weighted by atomic mass is 16.6. The number of hydrogen-bond acceptors (Lipinski definition) is 4. The van der Waals surface area contributed by atoms with E-state index in [4.69, 9.17) is 4.74 Å². The molecule has 0 unspecified atom stereocenters. The van der Waals surface area contributed by atoms with Crippen molar-refractivity contribution in [2.45, 2.75) is 40.2 Å². The summed E-state index contributed by atoms with van der Waals surface area (Å²) in [6.45, 7) is 9.43. The Morgan fingerprint density at radius 2 is 1.79 bits per heavy atom. The smallest absolute Gasteiger partial charge is 0.417 e. The van der Waals surface area contributed by atoms with Gasteiger partial charge in [0.25, 0.3) is 5.56 Å². The molecule has 0 radical (unpaired) electrons. The zero-order valence-electron chi connectivity index (χ0n) is 16.9. The number of amides is 1. The SMILES string of the molecule is CCN(C(=O)OC(C)(C)C)c1nc2cccc(C)c2c(=O)n1-c1ccccc1. The molecular weight excluding hydrogens is 354 g/mol. The van der Waals surface area contributed by atoms with E-state index in [1.165, 1.54) is 9.47 Å². The summed E-state index contributed by atoms with van der Waals surface area (Å²) in [5.41, 5.74) is 1.16. The van der Waals surface area contributed by atoms with E-state index in [1.54, 1.807) is 26.8 Å². The van der Waals surface area contributed by atoms with Crippen LogP contribution in [0.2, 0.25) is 0 Å². The van der Waals surface area contributed by atoms with Gasteiger partial charge < -0.3 is 4.74 Å². The van der Waals surface area contributed by atoms with E-state index < -0.39 is 11.7 Å². The molecule has 6 heteroatoms. The highest BCUT2D eigenvalue weighted by Crippen LogP contribution is 2.23. The molecule has 0 N–H and O–H groups in total. The molecule has 146 valence electrons. The second-order valence-electron chi connectivity index (χ2n) is 7.58. The third-order valence-corrected chi connectivity index (χ3v) is 4.27. The Balaban J connectivity index is 2.31. The van der Waals surface area contributed by atoms with Gasteiger partial charge in [0.2, 0.25) is 5.95 Å². The third-order valence-electron chi connectivity index (χ3n) is 4.27. The highest BCUT2D eigenvalue weighted by Gasteiger charge is 2.27. The molecule has 0 spiro atoms. The maximum atomic E-state index is 13.4. The summed E-state index contributed by atoms with van der Waals surface area (Å²) in [7, 11) is 0. The molecule has 1 heterocycles. The first-order chi connectivity index (χ1) is 13.2. The molecule has 0 saturated heterocycles. The van der Waals surface area contributed by atoms with Gasteiger partial charge in [0, 0.05) is 6.54 Å². The highest BCUT2D eigenvalue weighted by molar-refractivity contribution is 5.89. The van der Waals surface area contributed by atoms with E-state index in [1.807, 2.05) is 56.3 Å². The molecule has 0 aliphatic carbocycles. The molecule has 0 fully saturated rings. The van der Waals surface area contributed by atoms with Gasteiger partial charge in [-0.05, 0) is 58.4 Å². The second kappa shape index (κ2) is 7.46. The number of ether oxygens (including phenoxy) is 1. The number of benzene rings is 2. The third kappa shape index (κ3) is 3.76. The summed E-state index contributed by atoms with van der Waals surface area (Å²) in [6, 6.07) is 14.7. The van der Waals surface area contributed by atoms with E-state index in [9.17, 15) is 9.59 Å². The first-order valence-corrected chi connectivity index (χ1v) is 9.31. The number of aryl methyl sites for hydroxylation is 1. The lowest BCUT2D eigenvalue weighted by atomic mass is 10.1. The van der Waals surface area contributed by atoms with Crippen LogP contribution in [0.15, 0.2) is 53.3 Å². The first-order valence-electron chi connectivity index (χ1n) is 9.31. The molecule has 0 aliphatic rings. The van der Waals surface area contributed by atoms with E-state index in [0.29, 0.717) is 23.1 Å². The van der Waals surface area contributed by atoms with Crippen LogP contribution in [0.4, 0.5) is 10.7 Å². The average Bonchev–Trinajstić information content (AvgIpc) is 2.61. The molecule has 2 aromatic carbocycles. The number of anilines is 1. The number of rotatable bonds is 3.